The van der Waals surface area contributed by atoms with Gasteiger partial charge in [-0.3, -0.25) is 4.79 Å². The normalized spacial score (nSPS) is 12.7. The quantitative estimate of drug-likeness (QED) is 0.746. The van der Waals surface area contributed by atoms with Gasteiger partial charge in [0.2, 0.25) is 5.91 Å². The van der Waals surface area contributed by atoms with Crippen molar-refractivity contribution >= 4 is 21.8 Å². The van der Waals surface area contributed by atoms with E-state index >= 15 is 0 Å². The van der Waals surface area contributed by atoms with Crippen LogP contribution in [0.1, 0.15) is 35.2 Å². The van der Waals surface area contributed by atoms with Gasteiger partial charge in [-0.05, 0) is 74.2 Å². The van der Waals surface area contributed by atoms with Gasteiger partial charge < -0.3 is 5.32 Å². The molecule has 0 saturated heterocycles. The zero-order valence-electron chi connectivity index (χ0n) is 17.7. The number of aryl methyl sites for hydroxylation is 3. The molecule has 0 aliphatic carbocycles. The molecule has 2 aromatic rings. The summed E-state index contributed by atoms with van der Waals surface area (Å²) < 4.78 is 40.7. The van der Waals surface area contributed by atoms with Crippen molar-refractivity contribution in [1.82, 2.24) is 9.62 Å². The van der Waals surface area contributed by atoms with Gasteiger partial charge in [0.25, 0.3) is 0 Å². The van der Waals surface area contributed by atoms with E-state index in [1.54, 1.807) is 0 Å². The summed E-state index contributed by atoms with van der Waals surface area (Å²) in [4.78, 5) is 12.7. The van der Waals surface area contributed by atoms with Crippen LogP contribution in [0.5, 0.6) is 0 Å². The molecule has 6 nitrogen and oxygen atoms in total. The van der Waals surface area contributed by atoms with Crippen molar-refractivity contribution in [3.63, 3.8) is 0 Å². The molecule has 158 valence electrons. The number of hydrogen-bond donors (Lipinski definition) is 1. The molecule has 0 radical (unpaired) electrons. The Bertz CT molecular complexity index is 989. The molecule has 2 rings (SSSR count). The van der Waals surface area contributed by atoms with Gasteiger partial charge in [0, 0.05) is 14.1 Å². The first kappa shape index (κ1) is 22.8. The minimum atomic E-state index is -3.94. The summed E-state index contributed by atoms with van der Waals surface area (Å²) in [6, 6.07) is 8.79. The lowest BCUT2D eigenvalue weighted by molar-refractivity contribution is -0.120. The fourth-order valence-electron chi connectivity index (χ4n) is 3.06. The molecule has 0 unspecified atom stereocenters. The molecule has 0 saturated carbocycles. The molecular weight excluding hydrogens is 393 g/mol. The number of amides is 1. The van der Waals surface area contributed by atoms with Crippen LogP contribution in [0.3, 0.4) is 0 Å². The summed E-state index contributed by atoms with van der Waals surface area (Å²) >= 11 is 0. The Hall–Kier alpha value is -2.45. The van der Waals surface area contributed by atoms with E-state index in [1.165, 1.54) is 31.8 Å². The fraction of sp³-hybridized carbons (Fsp3) is 0.381. The van der Waals surface area contributed by atoms with E-state index in [1.807, 2.05) is 33.8 Å². The van der Waals surface area contributed by atoms with E-state index in [-0.39, 0.29) is 11.7 Å². The highest BCUT2D eigenvalue weighted by Gasteiger charge is 2.28. The summed E-state index contributed by atoms with van der Waals surface area (Å²) in [5.74, 6) is -0.941. The number of halogens is 1. The summed E-state index contributed by atoms with van der Waals surface area (Å²) in [6.45, 7) is 7.46. The molecule has 1 atom stereocenters. The van der Waals surface area contributed by atoms with E-state index in [0.29, 0.717) is 0 Å². The smallest absolute Gasteiger partial charge is 0.304 e. The summed E-state index contributed by atoms with van der Waals surface area (Å²) in [7, 11) is -1.18. The minimum absolute atomic E-state index is 0.213. The predicted octanol–water partition coefficient (Wildman–Crippen LogP) is 3.24. The number of hydrogen-bond acceptors (Lipinski definition) is 3. The van der Waals surface area contributed by atoms with E-state index in [0.717, 1.165) is 37.4 Å². The van der Waals surface area contributed by atoms with Crippen molar-refractivity contribution in [3.05, 3.63) is 64.5 Å². The molecule has 0 aliphatic heterocycles. The van der Waals surface area contributed by atoms with Crippen molar-refractivity contribution in [1.29, 1.82) is 0 Å². The Morgan fingerprint density at radius 3 is 2.14 bits per heavy atom. The van der Waals surface area contributed by atoms with Crippen molar-refractivity contribution in [2.45, 2.75) is 33.7 Å². The molecule has 8 heteroatoms. The van der Waals surface area contributed by atoms with Crippen LogP contribution in [-0.2, 0) is 15.0 Å². The van der Waals surface area contributed by atoms with Crippen molar-refractivity contribution < 1.29 is 17.6 Å². The van der Waals surface area contributed by atoms with Crippen LogP contribution in [0, 0.1) is 26.6 Å². The van der Waals surface area contributed by atoms with Gasteiger partial charge in [0.05, 0.1) is 11.7 Å². The Morgan fingerprint density at radius 1 is 1.03 bits per heavy atom. The van der Waals surface area contributed by atoms with Gasteiger partial charge in [-0.1, -0.05) is 12.1 Å². The molecule has 2 aromatic carbocycles. The number of rotatable bonds is 7. The number of nitrogens with one attached hydrogen (secondary N) is 1. The van der Waals surface area contributed by atoms with Gasteiger partial charge in [0.15, 0.2) is 0 Å². The number of nitrogens with zero attached hydrogens (tertiary/aromatic N) is 2. The van der Waals surface area contributed by atoms with Crippen LogP contribution >= 0.6 is 0 Å². The second kappa shape index (κ2) is 8.92. The average molecular weight is 422 g/mol. The highest BCUT2D eigenvalue weighted by molar-refractivity contribution is 7.90. The molecule has 0 heterocycles. The van der Waals surface area contributed by atoms with Crippen LogP contribution in [0.2, 0.25) is 0 Å². The van der Waals surface area contributed by atoms with Gasteiger partial charge in [-0.2, -0.15) is 12.7 Å². The maximum absolute atomic E-state index is 13.3. The van der Waals surface area contributed by atoms with Crippen molar-refractivity contribution in [3.8, 4) is 0 Å². The SMILES string of the molecule is Cc1cc(C)c([C@H](C)NC(=O)CN(c2ccc(F)cc2)S(=O)(=O)N(C)C)cc1C. The van der Waals surface area contributed by atoms with Crippen LogP contribution in [-0.4, -0.2) is 39.3 Å². The maximum atomic E-state index is 13.3. The molecule has 0 fully saturated rings. The van der Waals surface area contributed by atoms with E-state index < -0.39 is 28.5 Å². The van der Waals surface area contributed by atoms with Crippen LogP contribution in [0.15, 0.2) is 36.4 Å². The second-order valence-corrected chi connectivity index (χ2v) is 9.42. The number of carbonyl (C=O) groups excluding carboxylic acids is 1. The third kappa shape index (κ3) is 5.33. The number of anilines is 1. The minimum Gasteiger partial charge on any atom is -0.348 e. The lowest BCUT2D eigenvalue weighted by Crippen LogP contribution is -2.46. The van der Waals surface area contributed by atoms with Crippen LogP contribution in [0.25, 0.3) is 0 Å². The van der Waals surface area contributed by atoms with Gasteiger partial charge in [0.1, 0.15) is 12.4 Å². The number of carbonyl (C=O) groups is 1. The van der Waals surface area contributed by atoms with Gasteiger partial charge in [-0.15, -0.1) is 0 Å². The summed E-state index contributed by atoms with van der Waals surface area (Å²) in [5.41, 5.74) is 4.53. The third-order valence-electron chi connectivity index (χ3n) is 4.87. The predicted molar refractivity (Wildman–Crippen MR) is 114 cm³/mol. The highest BCUT2D eigenvalue weighted by Crippen LogP contribution is 2.23. The first-order chi connectivity index (χ1) is 13.4. The first-order valence-corrected chi connectivity index (χ1v) is 10.7. The summed E-state index contributed by atoms with van der Waals surface area (Å²) in [6.07, 6.45) is 0. The zero-order valence-corrected chi connectivity index (χ0v) is 18.5. The van der Waals surface area contributed by atoms with Crippen LogP contribution in [0.4, 0.5) is 10.1 Å². The Balaban J connectivity index is 2.26. The molecular formula is C21H28FN3O3S. The van der Waals surface area contributed by atoms with E-state index in [9.17, 15) is 17.6 Å². The topological polar surface area (TPSA) is 69.7 Å². The first-order valence-electron chi connectivity index (χ1n) is 9.26. The highest BCUT2D eigenvalue weighted by atomic mass is 32.2. The lowest BCUT2D eigenvalue weighted by Gasteiger charge is -2.27. The molecule has 0 aliphatic rings. The van der Waals surface area contributed by atoms with E-state index in [2.05, 4.69) is 11.4 Å². The molecule has 1 N–H and O–H groups in total. The Morgan fingerprint density at radius 2 is 1.59 bits per heavy atom. The largest absolute Gasteiger partial charge is 0.348 e. The molecule has 1 amide bonds. The average Bonchev–Trinajstić information content (AvgIpc) is 2.63. The molecule has 0 spiro atoms. The third-order valence-corrected chi connectivity index (χ3v) is 6.69. The number of benzene rings is 2. The van der Waals surface area contributed by atoms with Crippen LogP contribution < -0.4 is 9.62 Å². The van der Waals surface area contributed by atoms with Gasteiger partial charge >= 0.3 is 10.2 Å². The van der Waals surface area contributed by atoms with E-state index in [4.69, 9.17) is 0 Å². The Kier molecular flexibility index (Phi) is 7.02. The zero-order chi connectivity index (χ0) is 21.9. The Labute approximate surface area is 172 Å². The molecule has 0 bridgehead atoms. The fourth-order valence-corrected chi connectivity index (χ4v) is 4.12. The lowest BCUT2D eigenvalue weighted by atomic mass is 9.96. The maximum Gasteiger partial charge on any atom is 0.304 e. The van der Waals surface area contributed by atoms with Crippen molar-refractivity contribution in [2.75, 3.05) is 24.9 Å². The summed E-state index contributed by atoms with van der Waals surface area (Å²) in [5, 5.41) is 2.87. The second-order valence-electron chi connectivity index (χ2n) is 7.36. The van der Waals surface area contributed by atoms with Gasteiger partial charge in [-0.25, -0.2) is 8.70 Å². The monoisotopic (exact) mass is 421 g/mol. The molecule has 0 aromatic heterocycles. The standard InChI is InChI=1S/C21H28FN3O3S/c1-14-11-16(3)20(12-15(14)2)17(4)23-21(26)13-25(29(27,28)24(5)6)19-9-7-18(22)8-10-19/h7-12,17H,13H2,1-6H3,(H,23,26)/t17-/m0/s1. The van der Waals surface area contributed by atoms with Crippen molar-refractivity contribution in [2.24, 2.45) is 0 Å². The molecule has 29 heavy (non-hydrogen) atoms.